The van der Waals surface area contributed by atoms with Gasteiger partial charge in [0.25, 0.3) is 0 Å². The van der Waals surface area contributed by atoms with E-state index in [-0.39, 0.29) is 6.10 Å². The van der Waals surface area contributed by atoms with Crippen molar-refractivity contribution in [2.24, 2.45) is 5.16 Å². The fourth-order valence-electron chi connectivity index (χ4n) is 1.70. The molecule has 0 fully saturated rings. The zero-order valence-electron chi connectivity index (χ0n) is 8.32. The maximum absolute atomic E-state index is 8.65. The molecule has 3 heteroatoms. The Morgan fingerprint density at radius 1 is 1.57 bits per heavy atom. The fourth-order valence-corrected chi connectivity index (χ4v) is 1.70. The number of ether oxygens (including phenoxy) is 1. The summed E-state index contributed by atoms with van der Waals surface area (Å²) in [5.41, 5.74) is 2.77. The van der Waals surface area contributed by atoms with E-state index in [1.54, 1.807) is 6.92 Å². The number of benzene rings is 1. The molecule has 74 valence electrons. The Hall–Kier alpha value is -1.51. The molecule has 1 heterocycles. The first-order chi connectivity index (χ1) is 6.70. The average Bonchev–Trinajstić information content (AvgIpc) is 2.55. The van der Waals surface area contributed by atoms with Crippen LogP contribution < -0.4 is 4.74 Å². The van der Waals surface area contributed by atoms with Crippen LogP contribution in [0.1, 0.15) is 25.0 Å². The predicted molar refractivity (Wildman–Crippen MR) is 54.2 cm³/mol. The Bertz CT molecular complexity index is 385. The minimum absolute atomic E-state index is 0.256. The molecule has 0 amide bonds. The lowest BCUT2D eigenvalue weighted by Gasteiger charge is -2.02. The van der Waals surface area contributed by atoms with Crippen LogP contribution in [0.25, 0.3) is 0 Å². The standard InChI is InChI=1S/C11H13NO2/c1-7-5-10-6-9(8(2)12-13)3-4-11(10)14-7/h3-4,6-7,13H,5H2,1-2H3/b12-8-/t7-/m1/s1. The van der Waals surface area contributed by atoms with E-state index >= 15 is 0 Å². The zero-order chi connectivity index (χ0) is 10.1. The van der Waals surface area contributed by atoms with Crippen LogP contribution in [0.2, 0.25) is 0 Å². The van der Waals surface area contributed by atoms with Gasteiger partial charge in [-0.2, -0.15) is 0 Å². The molecule has 1 aromatic rings. The normalized spacial score (nSPS) is 20.4. The molecule has 0 radical (unpaired) electrons. The first kappa shape index (κ1) is 9.06. The molecule has 0 aromatic heterocycles. The third-order valence-corrected chi connectivity index (χ3v) is 2.46. The average molecular weight is 191 g/mol. The second-order valence-electron chi connectivity index (χ2n) is 3.64. The molecule has 1 N–H and O–H groups in total. The van der Waals surface area contributed by atoms with Crippen molar-refractivity contribution in [2.45, 2.75) is 26.4 Å². The number of fused-ring (bicyclic) bond motifs is 1. The van der Waals surface area contributed by atoms with Crippen LogP contribution >= 0.6 is 0 Å². The number of hydrogen-bond acceptors (Lipinski definition) is 3. The van der Waals surface area contributed by atoms with Gasteiger partial charge in [-0.25, -0.2) is 0 Å². The number of oxime groups is 1. The molecule has 0 bridgehead atoms. The monoisotopic (exact) mass is 191 g/mol. The highest BCUT2D eigenvalue weighted by Gasteiger charge is 2.19. The van der Waals surface area contributed by atoms with Crippen molar-refractivity contribution < 1.29 is 9.94 Å². The van der Waals surface area contributed by atoms with Crippen molar-refractivity contribution in [3.8, 4) is 5.75 Å². The number of hydrogen-bond donors (Lipinski definition) is 1. The van der Waals surface area contributed by atoms with E-state index in [1.165, 1.54) is 5.56 Å². The van der Waals surface area contributed by atoms with Crippen molar-refractivity contribution in [3.63, 3.8) is 0 Å². The number of nitrogens with zero attached hydrogens (tertiary/aromatic N) is 1. The Morgan fingerprint density at radius 3 is 3.07 bits per heavy atom. The Morgan fingerprint density at radius 2 is 2.36 bits per heavy atom. The summed E-state index contributed by atoms with van der Waals surface area (Å²) in [4.78, 5) is 0. The van der Waals surface area contributed by atoms with E-state index in [1.807, 2.05) is 25.1 Å². The van der Waals surface area contributed by atoms with E-state index in [0.29, 0.717) is 5.71 Å². The van der Waals surface area contributed by atoms with Gasteiger partial charge >= 0.3 is 0 Å². The van der Waals surface area contributed by atoms with Crippen LogP contribution in [0.5, 0.6) is 5.75 Å². The third kappa shape index (κ3) is 1.45. The van der Waals surface area contributed by atoms with E-state index < -0.39 is 0 Å². The van der Waals surface area contributed by atoms with Gasteiger partial charge in [0.2, 0.25) is 0 Å². The summed E-state index contributed by atoms with van der Waals surface area (Å²) in [6, 6.07) is 5.86. The molecule has 1 atom stereocenters. The largest absolute Gasteiger partial charge is 0.490 e. The van der Waals surface area contributed by atoms with Crippen LogP contribution in [-0.2, 0) is 6.42 Å². The molecule has 1 aliphatic heterocycles. The first-order valence-corrected chi connectivity index (χ1v) is 4.69. The molecule has 1 aliphatic rings. The molecular formula is C11H13NO2. The second kappa shape index (κ2) is 3.33. The summed E-state index contributed by atoms with van der Waals surface area (Å²) in [5.74, 6) is 0.951. The van der Waals surface area contributed by atoms with Gasteiger partial charge in [-0.05, 0) is 43.2 Å². The van der Waals surface area contributed by atoms with Gasteiger partial charge in [-0.1, -0.05) is 5.16 Å². The summed E-state index contributed by atoms with van der Waals surface area (Å²) in [7, 11) is 0. The quantitative estimate of drug-likeness (QED) is 0.420. The van der Waals surface area contributed by atoms with Crippen LogP contribution in [-0.4, -0.2) is 17.0 Å². The maximum Gasteiger partial charge on any atom is 0.123 e. The molecule has 0 saturated carbocycles. The summed E-state index contributed by atoms with van der Waals surface area (Å²) in [5, 5.41) is 11.8. The van der Waals surface area contributed by atoms with Crippen molar-refractivity contribution in [3.05, 3.63) is 29.3 Å². The third-order valence-electron chi connectivity index (χ3n) is 2.46. The predicted octanol–water partition coefficient (Wildman–Crippen LogP) is 2.21. The highest BCUT2D eigenvalue weighted by Crippen LogP contribution is 2.29. The summed E-state index contributed by atoms with van der Waals surface area (Å²) in [6.07, 6.45) is 1.19. The van der Waals surface area contributed by atoms with E-state index in [9.17, 15) is 0 Å². The van der Waals surface area contributed by atoms with Crippen LogP contribution in [0.3, 0.4) is 0 Å². The second-order valence-corrected chi connectivity index (χ2v) is 3.64. The molecule has 0 saturated heterocycles. The molecule has 14 heavy (non-hydrogen) atoms. The number of rotatable bonds is 1. The molecule has 0 aliphatic carbocycles. The van der Waals surface area contributed by atoms with E-state index in [4.69, 9.17) is 9.94 Å². The maximum atomic E-state index is 8.65. The first-order valence-electron chi connectivity index (χ1n) is 4.69. The molecule has 3 nitrogen and oxygen atoms in total. The van der Waals surface area contributed by atoms with Gasteiger partial charge < -0.3 is 9.94 Å². The molecule has 2 rings (SSSR count). The lowest BCUT2D eigenvalue weighted by Crippen LogP contribution is -2.05. The van der Waals surface area contributed by atoms with Gasteiger partial charge in [0, 0.05) is 6.42 Å². The van der Waals surface area contributed by atoms with Gasteiger partial charge in [-0.3, -0.25) is 0 Å². The fraction of sp³-hybridized carbons (Fsp3) is 0.364. The van der Waals surface area contributed by atoms with Crippen LogP contribution in [0, 0.1) is 0 Å². The van der Waals surface area contributed by atoms with Gasteiger partial charge in [0.05, 0.1) is 5.71 Å². The molecule has 0 unspecified atom stereocenters. The van der Waals surface area contributed by atoms with E-state index in [2.05, 4.69) is 5.16 Å². The summed E-state index contributed by atoms with van der Waals surface area (Å²) in [6.45, 7) is 3.83. The Kier molecular flexibility index (Phi) is 2.15. The summed E-state index contributed by atoms with van der Waals surface area (Å²) < 4.78 is 5.57. The van der Waals surface area contributed by atoms with Crippen molar-refractivity contribution in [1.29, 1.82) is 0 Å². The smallest absolute Gasteiger partial charge is 0.123 e. The van der Waals surface area contributed by atoms with Gasteiger partial charge in [0.1, 0.15) is 11.9 Å². The molecular weight excluding hydrogens is 178 g/mol. The Labute approximate surface area is 83.0 Å². The minimum atomic E-state index is 0.256. The minimum Gasteiger partial charge on any atom is -0.490 e. The lowest BCUT2D eigenvalue weighted by molar-refractivity contribution is 0.254. The highest BCUT2D eigenvalue weighted by atomic mass is 16.5. The topological polar surface area (TPSA) is 41.8 Å². The summed E-state index contributed by atoms with van der Waals surface area (Å²) >= 11 is 0. The van der Waals surface area contributed by atoms with Gasteiger partial charge in [-0.15, -0.1) is 0 Å². The van der Waals surface area contributed by atoms with Gasteiger partial charge in [0.15, 0.2) is 0 Å². The van der Waals surface area contributed by atoms with Crippen LogP contribution in [0.15, 0.2) is 23.4 Å². The Balaban J connectivity index is 2.38. The van der Waals surface area contributed by atoms with Crippen LogP contribution in [0.4, 0.5) is 0 Å². The molecule has 0 spiro atoms. The SMILES string of the molecule is C/C(=N/O)c1ccc2c(c1)C[C@@H](C)O2. The van der Waals surface area contributed by atoms with Crippen molar-refractivity contribution >= 4 is 5.71 Å². The van der Waals surface area contributed by atoms with Crippen molar-refractivity contribution in [2.75, 3.05) is 0 Å². The molecule has 1 aromatic carbocycles. The highest BCUT2D eigenvalue weighted by molar-refractivity contribution is 5.98. The van der Waals surface area contributed by atoms with E-state index in [0.717, 1.165) is 17.7 Å². The lowest BCUT2D eigenvalue weighted by atomic mass is 10.0. The van der Waals surface area contributed by atoms with Crippen molar-refractivity contribution in [1.82, 2.24) is 0 Å². The zero-order valence-corrected chi connectivity index (χ0v) is 8.32.